The molecule has 1 heterocycles. The molecule has 1 aromatic carbocycles. The zero-order chi connectivity index (χ0) is 12.6. The number of pyridine rings is 1. The van der Waals surface area contributed by atoms with Gasteiger partial charge in [-0.2, -0.15) is 0 Å². The highest BCUT2D eigenvalue weighted by Gasteiger charge is 2.17. The number of hydrogen-bond donors (Lipinski definition) is 1. The summed E-state index contributed by atoms with van der Waals surface area (Å²) in [6.07, 6.45) is 1.15. The van der Waals surface area contributed by atoms with Crippen LogP contribution in [0.5, 0.6) is 0 Å². The second-order valence-electron chi connectivity index (χ2n) is 3.53. The molecule has 6 heteroatoms. The van der Waals surface area contributed by atoms with Crippen LogP contribution in [0.25, 0.3) is 10.9 Å². The number of fused-ring (bicyclic) bond motifs is 1. The van der Waals surface area contributed by atoms with Gasteiger partial charge in [-0.3, -0.25) is 10.1 Å². The van der Waals surface area contributed by atoms with Gasteiger partial charge in [0, 0.05) is 17.6 Å². The molecule has 1 aromatic heterocycles. The van der Waals surface area contributed by atoms with Crippen molar-refractivity contribution >= 4 is 22.6 Å². The second-order valence-corrected chi connectivity index (χ2v) is 3.53. The summed E-state index contributed by atoms with van der Waals surface area (Å²) in [5.74, 6) is -1.09. The van der Waals surface area contributed by atoms with Crippen LogP contribution in [0.15, 0.2) is 24.4 Å². The predicted molar refractivity (Wildman–Crippen MR) is 60.1 cm³/mol. The van der Waals surface area contributed by atoms with Crippen LogP contribution in [0.2, 0.25) is 0 Å². The Hall–Kier alpha value is -2.50. The number of carboxylic acids is 1. The van der Waals surface area contributed by atoms with E-state index in [1.165, 1.54) is 12.1 Å². The average molecular weight is 232 g/mol. The number of nitro groups is 1. The summed E-state index contributed by atoms with van der Waals surface area (Å²) in [7, 11) is 0. The molecule has 0 aliphatic rings. The number of aromatic nitrogens is 1. The number of carbonyl (C=O) groups is 1. The van der Waals surface area contributed by atoms with Gasteiger partial charge in [-0.25, -0.2) is 9.78 Å². The van der Waals surface area contributed by atoms with Gasteiger partial charge in [-0.15, -0.1) is 0 Å². The van der Waals surface area contributed by atoms with E-state index in [0.29, 0.717) is 10.9 Å². The molecule has 1 N–H and O–H groups in total. The zero-order valence-electron chi connectivity index (χ0n) is 8.88. The van der Waals surface area contributed by atoms with Crippen molar-refractivity contribution in [1.82, 2.24) is 4.98 Å². The van der Waals surface area contributed by atoms with Crippen LogP contribution in [0, 0.1) is 17.0 Å². The minimum Gasteiger partial charge on any atom is -0.478 e. The molecule has 0 bridgehead atoms. The molecule has 0 unspecified atom stereocenters. The topological polar surface area (TPSA) is 93.3 Å². The van der Waals surface area contributed by atoms with E-state index < -0.39 is 10.9 Å². The fourth-order valence-corrected chi connectivity index (χ4v) is 1.70. The molecule has 2 aromatic rings. The van der Waals surface area contributed by atoms with Crippen molar-refractivity contribution in [3.05, 3.63) is 45.6 Å². The quantitative estimate of drug-likeness (QED) is 0.632. The minimum atomic E-state index is -1.09. The number of rotatable bonds is 2. The summed E-state index contributed by atoms with van der Waals surface area (Å²) in [5, 5.41) is 20.2. The Balaban J connectivity index is 2.85. The maximum absolute atomic E-state index is 10.9. The predicted octanol–water partition coefficient (Wildman–Crippen LogP) is 2.15. The Morgan fingerprint density at radius 2 is 2.18 bits per heavy atom. The monoisotopic (exact) mass is 232 g/mol. The van der Waals surface area contributed by atoms with Crippen LogP contribution < -0.4 is 0 Å². The summed E-state index contributed by atoms with van der Waals surface area (Å²) in [6.45, 7) is 1.61. The Labute approximate surface area is 95.7 Å². The van der Waals surface area contributed by atoms with Crippen molar-refractivity contribution < 1.29 is 14.8 Å². The number of aryl methyl sites for hydroxylation is 1. The molecule has 0 atom stereocenters. The van der Waals surface area contributed by atoms with E-state index in [1.54, 1.807) is 13.0 Å². The van der Waals surface area contributed by atoms with Crippen LogP contribution in [0.1, 0.15) is 15.9 Å². The van der Waals surface area contributed by atoms with Crippen molar-refractivity contribution in [2.45, 2.75) is 6.92 Å². The third kappa shape index (κ3) is 1.69. The van der Waals surface area contributed by atoms with E-state index in [4.69, 9.17) is 5.11 Å². The molecule has 0 fully saturated rings. The van der Waals surface area contributed by atoms with Crippen molar-refractivity contribution in [3.8, 4) is 0 Å². The standard InChI is InChI=1S/C11H8N2O4/c1-6-7-3-2-4-9(13(16)17)10(7)12-5-8(6)11(14)15/h2-5H,1H3,(H,14,15). The van der Waals surface area contributed by atoms with Crippen LogP contribution >= 0.6 is 0 Å². The fraction of sp³-hybridized carbons (Fsp3) is 0.0909. The molecule has 0 spiro atoms. The number of benzene rings is 1. The number of carboxylic acid groups (broad SMARTS) is 1. The molecule has 86 valence electrons. The molecule has 0 saturated carbocycles. The Morgan fingerprint density at radius 1 is 1.47 bits per heavy atom. The van der Waals surface area contributed by atoms with Crippen molar-refractivity contribution in [2.24, 2.45) is 0 Å². The smallest absolute Gasteiger partial charge is 0.337 e. The van der Waals surface area contributed by atoms with Gasteiger partial charge in [0.05, 0.1) is 10.5 Å². The highest BCUT2D eigenvalue weighted by Crippen LogP contribution is 2.27. The van der Waals surface area contributed by atoms with Gasteiger partial charge in [-0.1, -0.05) is 12.1 Å². The first-order chi connectivity index (χ1) is 8.02. The van der Waals surface area contributed by atoms with Crippen LogP contribution in [-0.2, 0) is 0 Å². The molecule has 2 rings (SSSR count). The van der Waals surface area contributed by atoms with E-state index in [9.17, 15) is 14.9 Å². The molecule has 0 aliphatic carbocycles. The Morgan fingerprint density at radius 3 is 2.76 bits per heavy atom. The van der Waals surface area contributed by atoms with Crippen molar-refractivity contribution in [1.29, 1.82) is 0 Å². The van der Waals surface area contributed by atoms with Crippen LogP contribution in [-0.4, -0.2) is 21.0 Å². The third-order valence-electron chi connectivity index (χ3n) is 2.57. The summed E-state index contributed by atoms with van der Waals surface area (Å²) in [6, 6.07) is 4.48. The normalized spacial score (nSPS) is 10.4. The third-order valence-corrected chi connectivity index (χ3v) is 2.57. The number of nitrogens with zero attached hydrogens (tertiary/aromatic N) is 2. The fourth-order valence-electron chi connectivity index (χ4n) is 1.70. The van der Waals surface area contributed by atoms with Gasteiger partial charge in [0.15, 0.2) is 0 Å². The molecular formula is C11H8N2O4. The van der Waals surface area contributed by atoms with E-state index in [0.717, 1.165) is 6.20 Å². The van der Waals surface area contributed by atoms with Gasteiger partial charge in [0.25, 0.3) is 5.69 Å². The van der Waals surface area contributed by atoms with Gasteiger partial charge in [-0.05, 0) is 12.5 Å². The van der Waals surface area contributed by atoms with Gasteiger partial charge in [0.2, 0.25) is 0 Å². The first kappa shape index (κ1) is 11.0. The number of non-ortho nitro benzene ring substituents is 1. The van der Waals surface area contributed by atoms with Crippen LogP contribution in [0.4, 0.5) is 5.69 Å². The van der Waals surface area contributed by atoms with Crippen molar-refractivity contribution in [2.75, 3.05) is 0 Å². The maximum atomic E-state index is 10.9. The highest BCUT2D eigenvalue weighted by molar-refractivity contribution is 5.98. The average Bonchev–Trinajstić information content (AvgIpc) is 2.28. The lowest BCUT2D eigenvalue weighted by atomic mass is 10.0. The van der Waals surface area contributed by atoms with E-state index >= 15 is 0 Å². The lowest BCUT2D eigenvalue weighted by Gasteiger charge is -2.05. The molecule has 6 nitrogen and oxygen atoms in total. The second kappa shape index (κ2) is 3.82. The summed E-state index contributed by atoms with van der Waals surface area (Å²) in [5.41, 5.74) is 0.617. The molecule has 0 saturated heterocycles. The molecular weight excluding hydrogens is 224 g/mol. The van der Waals surface area contributed by atoms with Gasteiger partial charge < -0.3 is 5.11 Å². The Bertz CT molecular complexity index is 637. The first-order valence-electron chi connectivity index (χ1n) is 4.78. The van der Waals surface area contributed by atoms with Gasteiger partial charge >= 0.3 is 5.97 Å². The van der Waals surface area contributed by atoms with Gasteiger partial charge in [0.1, 0.15) is 5.52 Å². The SMILES string of the molecule is Cc1c(C(=O)O)cnc2c([N+](=O)[O-])cccc12. The number of hydrogen-bond acceptors (Lipinski definition) is 4. The first-order valence-corrected chi connectivity index (χ1v) is 4.78. The lowest BCUT2D eigenvalue weighted by Crippen LogP contribution is -2.02. The molecule has 17 heavy (non-hydrogen) atoms. The maximum Gasteiger partial charge on any atom is 0.337 e. The summed E-state index contributed by atoms with van der Waals surface area (Å²) >= 11 is 0. The molecule has 0 amide bonds. The molecule has 0 radical (unpaired) electrons. The zero-order valence-corrected chi connectivity index (χ0v) is 8.88. The number of para-hydroxylation sites is 1. The minimum absolute atomic E-state index is 0.0537. The largest absolute Gasteiger partial charge is 0.478 e. The van der Waals surface area contributed by atoms with E-state index in [1.807, 2.05) is 0 Å². The number of aromatic carboxylic acids is 1. The lowest BCUT2D eigenvalue weighted by molar-refractivity contribution is -0.383. The van der Waals surface area contributed by atoms with E-state index in [2.05, 4.69) is 4.98 Å². The van der Waals surface area contributed by atoms with E-state index in [-0.39, 0.29) is 16.8 Å². The highest BCUT2D eigenvalue weighted by atomic mass is 16.6. The molecule has 0 aliphatic heterocycles. The summed E-state index contributed by atoms with van der Waals surface area (Å²) in [4.78, 5) is 25.0. The number of nitro benzene ring substituents is 1. The van der Waals surface area contributed by atoms with Crippen LogP contribution in [0.3, 0.4) is 0 Å². The Kier molecular flexibility index (Phi) is 2.47. The van der Waals surface area contributed by atoms with Crippen molar-refractivity contribution in [3.63, 3.8) is 0 Å². The summed E-state index contributed by atoms with van der Waals surface area (Å²) < 4.78 is 0.